The van der Waals surface area contributed by atoms with Gasteiger partial charge in [0.2, 0.25) is 0 Å². The standard InChI is InChI=1S/C24H29FN2O3/c1-29-16-15-26-17-22(19-7-3-2-4-8-19)30-24(18-26)11-13-27(14-12-24)23(28)20-9-5-6-10-21(20)25/h2-10,22H,11-18H2,1H3/t22-/m1/s1. The van der Waals surface area contributed by atoms with Gasteiger partial charge in [-0.05, 0) is 30.5 Å². The van der Waals surface area contributed by atoms with E-state index in [9.17, 15) is 9.18 Å². The molecule has 160 valence electrons. The zero-order chi connectivity index (χ0) is 21.0. The van der Waals surface area contributed by atoms with Gasteiger partial charge in [0.1, 0.15) is 5.82 Å². The molecule has 0 radical (unpaired) electrons. The van der Waals surface area contributed by atoms with Crippen LogP contribution in [0.25, 0.3) is 0 Å². The maximum absolute atomic E-state index is 14.1. The van der Waals surface area contributed by atoms with Crippen LogP contribution in [0.3, 0.4) is 0 Å². The van der Waals surface area contributed by atoms with Crippen molar-refractivity contribution in [3.05, 3.63) is 71.5 Å². The van der Waals surface area contributed by atoms with Crippen molar-refractivity contribution in [3.8, 4) is 0 Å². The molecule has 0 saturated carbocycles. The summed E-state index contributed by atoms with van der Waals surface area (Å²) < 4.78 is 26.0. The molecule has 2 heterocycles. The van der Waals surface area contributed by atoms with E-state index in [-0.39, 0.29) is 23.2 Å². The van der Waals surface area contributed by atoms with Gasteiger partial charge in [0.15, 0.2) is 0 Å². The van der Waals surface area contributed by atoms with Gasteiger partial charge in [0, 0.05) is 39.8 Å². The molecule has 2 aliphatic heterocycles. The molecule has 5 nitrogen and oxygen atoms in total. The monoisotopic (exact) mass is 412 g/mol. The first kappa shape index (κ1) is 21.0. The number of halogens is 1. The van der Waals surface area contributed by atoms with E-state index < -0.39 is 5.82 Å². The summed E-state index contributed by atoms with van der Waals surface area (Å²) in [5, 5.41) is 0. The second-order valence-electron chi connectivity index (χ2n) is 8.20. The lowest BCUT2D eigenvalue weighted by atomic mass is 9.87. The van der Waals surface area contributed by atoms with Gasteiger partial charge in [0.25, 0.3) is 5.91 Å². The largest absolute Gasteiger partial charge is 0.383 e. The summed E-state index contributed by atoms with van der Waals surface area (Å²) in [5.41, 5.74) is 1.00. The number of amides is 1. The van der Waals surface area contributed by atoms with E-state index >= 15 is 0 Å². The first-order valence-electron chi connectivity index (χ1n) is 10.6. The Balaban J connectivity index is 1.47. The van der Waals surface area contributed by atoms with Crippen molar-refractivity contribution in [2.45, 2.75) is 24.5 Å². The van der Waals surface area contributed by atoms with Crippen molar-refractivity contribution < 1.29 is 18.7 Å². The Morgan fingerprint density at radius 1 is 1.13 bits per heavy atom. The first-order valence-corrected chi connectivity index (χ1v) is 10.6. The second kappa shape index (κ2) is 9.25. The molecule has 1 amide bonds. The summed E-state index contributed by atoms with van der Waals surface area (Å²) in [4.78, 5) is 17.0. The summed E-state index contributed by atoms with van der Waals surface area (Å²) in [5.74, 6) is -0.707. The predicted molar refractivity (Wildman–Crippen MR) is 113 cm³/mol. The van der Waals surface area contributed by atoms with Gasteiger partial charge in [-0.15, -0.1) is 0 Å². The van der Waals surface area contributed by atoms with Crippen molar-refractivity contribution >= 4 is 5.91 Å². The van der Waals surface area contributed by atoms with Gasteiger partial charge >= 0.3 is 0 Å². The van der Waals surface area contributed by atoms with E-state index in [1.54, 1.807) is 30.2 Å². The Kier molecular flexibility index (Phi) is 6.46. The topological polar surface area (TPSA) is 42.0 Å². The molecular weight excluding hydrogens is 383 g/mol. The van der Waals surface area contributed by atoms with Crippen LogP contribution < -0.4 is 0 Å². The number of likely N-dealkylation sites (tertiary alicyclic amines) is 1. The summed E-state index contributed by atoms with van der Waals surface area (Å²) in [6.07, 6.45) is 1.46. The maximum Gasteiger partial charge on any atom is 0.256 e. The molecule has 2 aromatic carbocycles. The smallest absolute Gasteiger partial charge is 0.256 e. The Hall–Kier alpha value is -2.28. The van der Waals surface area contributed by atoms with Crippen LogP contribution in [0.4, 0.5) is 4.39 Å². The zero-order valence-electron chi connectivity index (χ0n) is 17.4. The van der Waals surface area contributed by atoms with Crippen LogP contribution >= 0.6 is 0 Å². The van der Waals surface area contributed by atoms with Crippen LogP contribution in [-0.2, 0) is 9.47 Å². The maximum atomic E-state index is 14.1. The molecule has 0 aromatic heterocycles. The molecule has 1 atom stereocenters. The molecule has 2 fully saturated rings. The molecule has 6 heteroatoms. The number of morpholine rings is 1. The quantitative estimate of drug-likeness (QED) is 0.754. The third kappa shape index (κ3) is 4.56. The van der Waals surface area contributed by atoms with Gasteiger partial charge < -0.3 is 14.4 Å². The fourth-order valence-electron chi connectivity index (χ4n) is 4.51. The van der Waals surface area contributed by atoms with E-state index in [0.29, 0.717) is 19.7 Å². The number of rotatable bonds is 5. The highest BCUT2D eigenvalue weighted by Crippen LogP contribution is 2.38. The molecule has 2 aromatic rings. The molecular formula is C24H29FN2O3. The number of benzene rings is 2. The number of ether oxygens (including phenoxy) is 2. The molecule has 30 heavy (non-hydrogen) atoms. The van der Waals surface area contributed by atoms with Crippen LogP contribution in [0.15, 0.2) is 54.6 Å². The highest BCUT2D eigenvalue weighted by Gasteiger charge is 2.44. The molecule has 2 aliphatic rings. The highest BCUT2D eigenvalue weighted by molar-refractivity contribution is 5.94. The third-order valence-electron chi connectivity index (χ3n) is 6.18. The van der Waals surface area contributed by atoms with Crippen LogP contribution in [0.2, 0.25) is 0 Å². The lowest BCUT2D eigenvalue weighted by Crippen LogP contribution is -2.58. The number of hydrogen-bond donors (Lipinski definition) is 0. The van der Waals surface area contributed by atoms with Gasteiger partial charge in [-0.2, -0.15) is 0 Å². The third-order valence-corrected chi connectivity index (χ3v) is 6.18. The van der Waals surface area contributed by atoms with Crippen LogP contribution in [0.5, 0.6) is 0 Å². The normalized spacial score (nSPS) is 21.7. The summed E-state index contributed by atoms with van der Waals surface area (Å²) in [7, 11) is 1.72. The minimum Gasteiger partial charge on any atom is -0.383 e. The zero-order valence-corrected chi connectivity index (χ0v) is 17.4. The fraction of sp³-hybridized carbons (Fsp3) is 0.458. The predicted octanol–water partition coefficient (Wildman–Crippen LogP) is 3.52. The van der Waals surface area contributed by atoms with E-state index in [2.05, 4.69) is 17.0 Å². The Bertz CT molecular complexity index is 853. The lowest BCUT2D eigenvalue weighted by Gasteiger charge is -2.50. The number of methoxy groups -OCH3 is 1. The summed E-state index contributed by atoms with van der Waals surface area (Å²) >= 11 is 0. The van der Waals surface area contributed by atoms with Crippen LogP contribution in [0, 0.1) is 5.82 Å². The lowest BCUT2D eigenvalue weighted by molar-refractivity contribution is -0.177. The SMILES string of the molecule is COCCN1C[C@H](c2ccccc2)OC2(CCN(C(=O)c3ccccc3F)CC2)C1. The molecule has 2 saturated heterocycles. The summed E-state index contributed by atoms with van der Waals surface area (Å²) in [6.45, 7) is 4.30. The van der Waals surface area contributed by atoms with Crippen molar-refractivity contribution in [1.82, 2.24) is 9.80 Å². The van der Waals surface area contributed by atoms with Crippen molar-refractivity contribution in [1.29, 1.82) is 0 Å². The van der Waals surface area contributed by atoms with E-state index in [1.807, 2.05) is 18.2 Å². The number of carbonyl (C=O) groups excluding carboxylic acids is 1. The average Bonchev–Trinajstić information content (AvgIpc) is 2.78. The highest BCUT2D eigenvalue weighted by atomic mass is 19.1. The Labute approximate surface area is 177 Å². The minimum absolute atomic E-state index is 0.00868. The number of hydrogen-bond acceptors (Lipinski definition) is 4. The fourth-order valence-corrected chi connectivity index (χ4v) is 4.51. The number of carbonyl (C=O) groups is 1. The molecule has 0 aliphatic carbocycles. The summed E-state index contributed by atoms with van der Waals surface area (Å²) in [6, 6.07) is 16.5. The van der Waals surface area contributed by atoms with E-state index in [0.717, 1.165) is 32.5 Å². The van der Waals surface area contributed by atoms with Crippen LogP contribution in [0.1, 0.15) is 34.9 Å². The molecule has 0 unspecified atom stereocenters. The van der Waals surface area contributed by atoms with Gasteiger partial charge in [0.05, 0.1) is 23.9 Å². The molecule has 0 bridgehead atoms. The van der Waals surface area contributed by atoms with Gasteiger partial charge in [-0.1, -0.05) is 42.5 Å². The van der Waals surface area contributed by atoms with Crippen LogP contribution in [-0.4, -0.2) is 67.7 Å². The average molecular weight is 413 g/mol. The first-order chi connectivity index (χ1) is 14.6. The number of nitrogens with zero attached hydrogens (tertiary/aromatic N) is 2. The Morgan fingerprint density at radius 2 is 1.83 bits per heavy atom. The minimum atomic E-state index is -0.466. The number of piperidine rings is 1. The van der Waals surface area contributed by atoms with Gasteiger partial charge in [-0.3, -0.25) is 9.69 Å². The van der Waals surface area contributed by atoms with Gasteiger partial charge in [-0.25, -0.2) is 4.39 Å². The second-order valence-corrected chi connectivity index (χ2v) is 8.20. The van der Waals surface area contributed by atoms with E-state index in [4.69, 9.17) is 9.47 Å². The Morgan fingerprint density at radius 3 is 2.53 bits per heavy atom. The molecule has 0 N–H and O–H groups in total. The molecule has 1 spiro atoms. The van der Waals surface area contributed by atoms with E-state index in [1.165, 1.54) is 11.6 Å². The van der Waals surface area contributed by atoms with Crippen molar-refractivity contribution in [2.24, 2.45) is 0 Å². The van der Waals surface area contributed by atoms with Crippen molar-refractivity contribution in [3.63, 3.8) is 0 Å². The molecule has 4 rings (SSSR count). The van der Waals surface area contributed by atoms with Crippen molar-refractivity contribution in [2.75, 3.05) is 46.4 Å².